The number of hydrogen-bond donors (Lipinski definition) is 1. The Balaban J connectivity index is 2.07. The fourth-order valence-corrected chi connectivity index (χ4v) is 3.04. The van der Waals surface area contributed by atoms with Gasteiger partial charge in [0, 0.05) is 31.4 Å². The van der Waals surface area contributed by atoms with Crippen LogP contribution in [0.3, 0.4) is 0 Å². The molecule has 1 aromatic rings. The highest BCUT2D eigenvalue weighted by Gasteiger charge is 2.18. The van der Waals surface area contributed by atoms with Crippen molar-refractivity contribution in [1.29, 1.82) is 0 Å². The molecule has 1 fully saturated rings. The van der Waals surface area contributed by atoms with Crippen LogP contribution in [-0.2, 0) is 0 Å². The van der Waals surface area contributed by atoms with Crippen molar-refractivity contribution in [3.63, 3.8) is 0 Å². The Kier molecular flexibility index (Phi) is 5.62. The number of nitrogens with one attached hydrogen (secondary N) is 1. The van der Waals surface area contributed by atoms with Gasteiger partial charge in [0.25, 0.3) is 0 Å². The quantitative estimate of drug-likeness (QED) is 0.891. The third kappa shape index (κ3) is 4.09. The van der Waals surface area contributed by atoms with Gasteiger partial charge in [0.15, 0.2) is 0 Å². The van der Waals surface area contributed by atoms with Gasteiger partial charge in [0.2, 0.25) is 5.95 Å². The Labute approximate surface area is 123 Å². The van der Waals surface area contributed by atoms with E-state index >= 15 is 0 Å². The van der Waals surface area contributed by atoms with E-state index in [2.05, 4.69) is 40.1 Å². The molecule has 1 atom stereocenters. The molecular weight excluding hydrogens is 248 g/mol. The normalized spacial score (nSPS) is 19.8. The summed E-state index contributed by atoms with van der Waals surface area (Å²) in [6.07, 6.45) is 6.63. The first kappa shape index (κ1) is 15.1. The van der Waals surface area contributed by atoms with Crippen molar-refractivity contribution in [2.75, 3.05) is 29.9 Å². The molecule has 0 saturated carbocycles. The van der Waals surface area contributed by atoms with Gasteiger partial charge in [0.05, 0.1) is 0 Å². The SMILES string of the molecule is CCCC1CCCN(c2cc(C)nc(NCC)n2)CC1. The van der Waals surface area contributed by atoms with Crippen LogP contribution in [0.15, 0.2) is 6.07 Å². The molecule has 1 aliphatic heterocycles. The van der Waals surface area contributed by atoms with E-state index in [9.17, 15) is 0 Å². The maximum Gasteiger partial charge on any atom is 0.224 e. The molecule has 1 N–H and O–H groups in total. The Morgan fingerprint density at radius 3 is 2.85 bits per heavy atom. The van der Waals surface area contributed by atoms with Gasteiger partial charge in [-0.15, -0.1) is 0 Å². The van der Waals surface area contributed by atoms with Crippen LogP contribution in [0.5, 0.6) is 0 Å². The summed E-state index contributed by atoms with van der Waals surface area (Å²) < 4.78 is 0. The number of hydrogen-bond acceptors (Lipinski definition) is 4. The zero-order chi connectivity index (χ0) is 14.4. The highest BCUT2D eigenvalue weighted by atomic mass is 15.2. The molecule has 1 unspecified atom stereocenters. The minimum Gasteiger partial charge on any atom is -0.356 e. The number of aromatic nitrogens is 2. The third-order valence-electron chi connectivity index (χ3n) is 4.04. The largest absolute Gasteiger partial charge is 0.356 e. The molecule has 4 nitrogen and oxygen atoms in total. The average Bonchev–Trinajstić information content (AvgIpc) is 2.65. The molecule has 0 bridgehead atoms. The second-order valence-corrected chi connectivity index (χ2v) is 5.79. The molecular formula is C16H28N4. The number of anilines is 2. The van der Waals surface area contributed by atoms with Gasteiger partial charge in [-0.3, -0.25) is 0 Å². The van der Waals surface area contributed by atoms with E-state index in [0.717, 1.165) is 43.0 Å². The maximum absolute atomic E-state index is 4.66. The predicted octanol–water partition coefficient (Wildman–Crippen LogP) is 3.62. The van der Waals surface area contributed by atoms with E-state index in [1.165, 1.54) is 32.1 Å². The van der Waals surface area contributed by atoms with E-state index < -0.39 is 0 Å². The Morgan fingerprint density at radius 2 is 2.10 bits per heavy atom. The van der Waals surface area contributed by atoms with Gasteiger partial charge >= 0.3 is 0 Å². The molecule has 1 saturated heterocycles. The highest BCUT2D eigenvalue weighted by molar-refractivity contribution is 5.44. The highest BCUT2D eigenvalue weighted by Crippen LogP contribution is 2.25. The Hall–Kier alpha value is -1.32. The lowest BCUT2D eigenvalue weighted by Gasteiger charge is -2.22. The summed E-state index contributed by atoms with van der Waals surface area (Å²) in [6.45, 7) is 9.53. The molecule has 1 aromatic heterocycles. The minimum absolute atomic E-state index is 0.761. The summed E-state index contributed by atoms with van der Waals surface area (Å²) in [7, 11) is 0. The number of rotatable bonds is 5. The van der Waals surface area contributed by atoms with Crippen LogP contribution in [0.2, 0.25) is 0 Å². The van der Waals surface area contributed by atoms with E-state index in [1.807, 2.05) is 6.92 Å². The van der Waals surface area contributed by atoms with Crippen molar-refractivity contribution >= 4 is 11.8 Å². The van der Waals surface area contributed by atoms with E-state index in [0.29, 0.717) is 0 Å². The fourth-order valence-electron chi connectivity index (χ4n) is 3.04. The van der Waals surface area contributed by atoms with Crippen LogP contribution in [-0.4, -0.2) is 29.6 Å². The number of nitrogens with zero attached hydrogens (tertiary/aromatic N) is 3. The second kappa shape index (κ2) is 7.46. The summed E-state index contributed by atoms with van der Waals surface area (Å²) in [5.74, 6) is 2.75. The van der Waals surface area contributed by atoms with E-state index in [-0.39, 0.29) is 0 Å². The van der Waals surface area contributed by atoms with Gasteiger partial charge in [-0.1, -0.05) is 19.8 Å². The smallest absolute Gasteiger partial charge is 0.224 e. The third-order valence-corrected chi connectivity index (χ3v) is 4.04. The van der Waals surface area contributed by atoms with Crippen molar-refractivity contribution in [2.45, 2.75) is 52.9 Å². The van der Waals surface area contributed by atoms with Crippen molar-refractivity contribution in [1.82, 2.24) is 9.97 Å². The van der Waals surface area contributed by atoms with Gasteiger partial charge < -0.3 is 10.2 Å². The van der Waals surface area contributed by atoms with Crippen molar-refractivity contribution < 1.29 is 0 Å². The lowest BCUT2D eigenvalue weighted by molar-refractivity contribution is 0.435. The van der Waals surface area contributed by atoms with Gasteiger partial charge in [-0.2, -0.15) is 4.98 Å². The van der Waals surface area contributed by atoms with Crippen molar-refractivity contribution in [3.8, 4) is 0 Å². The van der Waals surface area contributed by atoms with Crippen LogP contribution in [0.25, 0.3) is 0 Å². The molecule has 1 aliphatic rings. The number of aryl methyl sites for hydroxylation is 1. The topological polar surface area (TPSA) is 41.1 Å². The lowest BCUT2D eigenvalue weighted by atomic mass is 9.96. The predicted molar refractivity (Wildman–Crippen MR) is 85.4 cm³/mol. The van der Waals surface area contributed by atoms with Crippen LogP contribution in [0.4, 0.5) is 11.8 Å². The molecule has 0 aromatic carbocycles. The molecule has 0 aliphatic carbocycles. The van der Waals surface area contributed by atoms with Crippen LogP contribution < -0.4 is 10.2 Å². The zero-order valence-corrected chi connectivity index (χ0v) is 13.2. The summed E-state index contributed by atoms with van der Waals surface area (Å²) in [5, 5.41) is 3.22. The Morgan fingerprint density at radius 1 is 1.25 bits per heavy atom. The molecule has 0 radical (unpaired) electrons. The van der Waals surface area contributed by atoms with Crippen LogP contribution >= 0.6 is 0 Å². The first-order valence-corrected chi connectivity index (χ1v) is 8.07. The average molecular weight is 276 g/mol. The molecule has 112 valence electrons. The van der Waals surface area contributed by atoms with Crippen molar-refractivity contribution in [2.24, 2.45) is 5.92 Å². The van der Waals surface area contributed by atoms with E-state index in [1.54, 1.807) is 0 Å². The fraction of sp³-hybridized carbons (Fsp3) is 0.750. The zero-order valence-electron chi connectivity index (χ0n) is 13.2. The molecule has 0 amide bonds. The monoisotopic (exact) mass is 276 g/mol. The van der Waals surface area contributed by atoms with Gasteiger partial charge in [-0.25, -0.2) is 4.98 Å². The first-order valence-electron chi connectivity index (χ1n) is 8.07. The first-order chi connectivity index (χ1) is 9.72. The Bertz CT molecular complexity index is 419. The van der Waals surface area contributed by atoms with Crippen molar-refractivity contribution in [3.05, 3.63) is 11.8 Å². The minimum atomic E-state index is 0.761. The van der Waals surface area contributed by atoms with Gasteiger partial charge in [-0.05, 0) is 39.0 Å². The van der Waals surface area contributed by atoms with Gasteiger partial charge in [0.1, 0.15) is 5.82 Å². The molecule has 0 spiro atoms. The molecule has 20 heavy (non-hydrogen) atoms. The summed E-state index contributed by atoms with van der Waals surface area (Å²) in [4.78, 5) is 11.5. The van der Waals surface area contributed by atoms with Crippen LogP contribution in [0, 0.1) is 12.8 Å². The van der Waals surface area contributed by atoms with E-state index in [4.69, 9.17) is 0 Å². The molecule has 4 heteroatoms. The second-order valence-electron chi connectivity index (χ2n) is 5.79. The molecule has 2 heterocycles. The molecule has 2 rings (SSSR count). The standard InChI is InChI=1S/C16H28N4/c1-4-7-14-8-6-10-20(11-9-14)15-12-13(3)18-16(19-15)17-5-2/h12,14H,4-11H2,1-3H3,(H,17,18,19). The van der Waals surface area contributed by atoms with Crippen LogP contribution in [0.1, 0.15) is 51.6 Å². The lowest BCUT2D eigenvalue weighted by Crippen LogP contribution is -2.26. The summed E-state index contributed by atoms with van der Waals surface area (Å²) in [6, 6.07) is 2.11. The summed E-state index contributed by atoms with van der Waals surface area (Å²) >= 11 is 0. The maximum atomic E-state index is 4.66. The summed E-state index contributed by atoms with van der Waals surface area (Å²) in [5.41, 5.74) is 1.04.